The van der Waals surface area contributed by atoms with Gasteiger partial charge in [-0.25, -0.2) is 8.78 Å². The van der Waals surface area contributed by atoms with E-state index in [9.17, 15) is 43.8 Å². The van der Waals surface area contributed by atoms with Crippen LogP contribution in [-0.4, -0.2) is 117 Å². The smallest absolute Gasteiger partial charge is 0.304 e. The highest BCUT2D eigenvalue weighted by atomic mass is 32.1. The molecule has 2 aromatic carbocycles. The number of rotatable bonds is 16. The lowest BCUT2D eigenvalue weighted by Crippen LogP contribution is -2.70. The summed E-state index contributed by atoms with van der Waals surface area (Å²) in [6.45, 7) is 7.16. The summed E-state index contributed by atoms with van der Waals surface area (Å²) in [6.07, 6.45) is -2.69. The number of benzene rings is 2. The van der Waals surface area contributed by atoms with E-state index in [1.165, 1.54) is 32.9 Å². The molecule has 1 aliphatic heterocycles. The zero-order valence-electron chi connectivity index (χ0n) is 38.3. The normalized spacial score (nSPS) is 33.0. The van der Waals surface area contributed by atoms with Gasteiger partial charge in [-0.1, -0.05) is 56.3 Å². The van der Waals surface area contributed by atoms with Crippen molar-refractivity contribution in [2.75, 3.05) is 18.5 Å². The topological polar surface area (TPSA) is 247 Å². The molecule has 16 nitrogen and oxygen atoms in total. The Morgan fingerprint density at radius 3 is 2.16 bits per heavy atom. The fraction of sp³-hybridized carbons (Fsp3) is 0.531. The van der Waals surface area contributed by atoms with Crippen LogP contribution in [-0.2, 0) is 43.0 Å². The van der Waals surface area contributed by atoms with Crippen molar-refractivity contribution in [3.8, 4) is 0 Å². The van der Waals surface area contributed by atoms with Gasteiger partial charge in [-0.2, -0.15) is 12.6 Å². The van der Waals surface area contributed by atoms with E-state index in [-0.39, 0.29) is 43.7 Å². The number of alkyl halides is 2. The highest BCUT2D eigenvalue weighted by Gasteiger charge is 2.80. The van der Waals surface area contributed by atoms with Crippen LogP contribution in [0.5, 0.6) is 0 Å². The van der Waals surface area contributed by atoms with E-state index in [2.05, 4.69) is 33.9 Å². The third-order valence-electron chi connectivity index (χ3n) is 15.2. The van der Waals surface area contributed by atoms with Crippen molar-refractivity contribution in [2.45, 2.75) is 126 Å². The fourth-order valence-electron chi connectivity index (χ4n) is 11.4. The average molecular weight is 965 g/mol. The summed E-state index contributed by atoms with van der Waals surface area (Å²) in [5.74, 6) is -6.49. The van der Waals surface area contributed by atoms with Gasteiger partial charge in [0.25, 0.3) is 0 Å². The van der Waals surface area contributed by atoms with Crippen molar-refractivity contribution in [1.29, 1.82) is 0 Å². The minimum absolute atomic E-state index is 0.00361. The van der Waals surface area contributed by atoms with Crippen LogP contribution in [0, 0.1) is 22.7 Å². The Hall–Kier alpha value is -5.34. The number of fused-ring (bicyclic) bond motifs is 7. The number of hydrogen-bond acceptors (Lipinski definition) is 12. The number of anilines is 1. The molecule has 0 radical (unpaired) electrons. The monoisotopic (exact) mass is 964 g/mol. The van der Waals surface area contributed by atoms with Crippen LogP contribution in [0.1, 0.15) is 95.6 Å². The summed E-state index contributed by atoms with van der Waals surface area (Å²) in [5.41, 5.74) is -4.11. The van der Waals surface area contributed by atoms with E-state index < -0.39 is 130 Å². The number of carboxylic acid groups (broad SMARTS) is 1. The lowest BCUT2D eigenvalue weighted by Gasteiger charge is -2.63. The summed E-state index contributed by atoms with van der Waals surface area (Å²) < 4.78 is 46.8. The van der Waals surface area contributed by atoms with Crippen LogP contribution in [0.25, 0.3) is 0 Å². The van der Waals surface area contributed by atoms with E-state index in [4.69, 9.17) is 14.6 Å². The van der Waals surface area contributed by atoms with Crippen molar-refractivity contribution in [3.05, 3.63) is 89.0 Å². The number of amides is 4. The van der Waals surface area contributed by atoms with Crippen LogP contribution < -0.4 is 21.3 Å². The number of hydrogen-bond donors (Lipinski definition) is 8. The number of carbonyl (C=O) groups is 7. The molecule has 4 aliphatic carbocycles. The minimum atomic E-state index is -2.36. The molecule has 14 atom stereocenters. The number of carbonyl (C=O) groups excluding carboxylic acids is 6. The fourth-order valence-corrected chi connectivity index (χ4v) is 11.7. The number of thiol groups is 1. The quantitative estimate of drug-likeness (QED) is 0.112. The number of nitrogens with one attached hydrogen (secondary N) is 4. The largest absolute Gasteiger partial charge is 0.481 e. The maximum absolute atomic E-state index is 17.8. The van der Waals surface area contributed by atoms with E-state index in [0.717, 1.165) is 17.2 Å². The number of carboxylic acids is 1. The number of ketones is 2. The van der Waals surface area contributed by atoms with Gasteiger partial charge < -0.3 is 46.1 Å². The van der Waals surface area contributed by atoms with E-state index >= 15 is 8.78 Å². The summed E-state index contributed by atoms with van der Waals surface area (Å²) in [4.78, 5) is 86.9. The number of ether oxygens (including phenoxy) is 2. The highest BCUT2D eigenvalue weighted by Crippen LogP contribution is 2.72. The average Bonchev–Trinajstić information content (AvgIpc) is 3.80. The molecule has 4 amide bonds. The lowest BCUT2D eigenvalue weighted by molar-refractivity contribution is -0.235. The zero-order valence-corrected chi connectivity index (χ0v) is 39.2. The second kappa shape index (κ2) is 19.2. The molecule has 1 heterocycles. The Morgan fingerprint density at radius 2 is 1.53 bits per heavy atom. The first-order valence-corrected chi connectivity index (χ1v) is 23.2. The Balaban J connectivity index is 0.942. The summed E-state index contributed by atoms with van der Waals surface area (Å²) in [7, 11) is 0. The lowest BCUT2D eigenvalue weighted by atomic mass is 9.44. The molecule has 3 saturated carbocycles. The summed E-state index contributed by atoms with van der Waals surface area (Å²) in [6, 6.07) is 12.5. The van der Waals surface area contributed by atoms with Crippen LogP contribution in [0.3, 0.4) is 0 Å². The van der Waals surface area contributed by atoms with Gasteiger partial charge in [0.1, 0.15) is 24.9 Å². The minimum Gasteiger partial charge on any atom is -0.481 e. The summed E-state index contributed by atoms with van der Waals surface area (Å²) >= 11 is 3.92. The van der Waals surface area contributed by atoms with E-state index in [1.807, 2.05) is 31.2 Å². The van der Waals surface area contributed by atoms with E-state index in [1.54, 1.807) is 31.2 Å². The maximum Gasteiger partial charge on any atom is 0.304 e. The predicted octanol–water partition coefficient (Wildman–Crippen LogP) is 3.71. The number of Topliss-reactive ketones (excluding diaryl/α,β-unsaturated/α-hetero) is 1. The molecular weight excluding hydrogens is 907 g/mol. The molecule has 7 rings (SSSR count). The Labute approximate surface area is 397 Å². The number of allylic oxidation sites excluding steroid dienone is 4. The molecular formula is C49H58F2N4O12S. The molecule has 0 aromatic heterocycles. The van der Waals surface area contributed by atoms with Crippen LogP contribution >= 0.6 is 12.6 Å². The predicted molar refractivity (Wildman–Crippen MR) is 244 cm³/mol. The van der Waals surface area contributed by atoms with Crippen LogP contribution in [0.2, 0.25) is 0 Å². The Morgan fingerprint density at radius 1 is 0.897 bits per heavy atom. The van der Waals surface area contributed by atoms with Gasteiger partial charge in [0.2, 0.25) is 23.6 Å². The third kappa shape index (κ3) is 8.80. The van der Waals surface area contributed by atoms with Gasteiger partial charge in [0.05, 0.1) is 23.9 Å². The molecule has 68 heavy (non-hydrogen) atoms. The highest BCUT2D eigenvalue weighted by molar-refractivity contribution is 7.81. The third-order valence-corrected chi connectivity index (χ3v) is 15.6. The van der Waals surface area contributed by atoms with Gasteiger partial charge >= 0.3 is 5.97 Å². The SMILES string of the molecule is C[C@H](c1ccc(NC(=O)[C@H](C)NC(=O)[C@H](C)NC(=O)CCNC(=O)C(S)CC(=O)O)cc1)c1ccc([C@@H]2O[C@@H]3C[C@H]4[C@@H]5C[C@H](F)C6=CC(=O)C=C[C@]6(C)[C@@]5(F)[C@@H](O)C[C@]4(C)[C@]3(C(=O)CO)O2)cc1. The first-order valence-electron chi connectivity index (χ1n) is 22.7. The first kappa shape index (κ1) is 50.5. The Bertz CT molecular complexity index is 2420. The number of aliphatic hydroxyl groups is 2. The van der Waals surface area contributed by atoms with Gasteiger partial charge in [-0.15, -0.1) is 0 Å². The maximum atomic E-state index is 17.8. The van der Waals surface area contributed by atoms with Crippen molar-refractivity contribution in [3.63, 3.8) is 0 Å². The number of aliphatic hydroxyl groups excluding tert-OH is 2. The van der Waals surface area contributed by atoms with Crippen molar-refractivity contribution in [1.82, 2.24) is 16.0 Å². The zero-order chi connectivity index (χ0) is 49.7. The van der Waals surface area contributed by atoms with Crippen molar-refractivity contribution >= 4 is 59.5 Å². The van der Waals surface area contributed by atoms with Gasteiger partial charge in [-0.3, -0.25) is 33.6 Å². The van der Waals surface area contributed by atoms with E-state index in [0.29, 0.717) is 11.3 Å². The number of halogens is 2. The van der Waals surface area contributed by atoms with Gasteiger partial charge in [-0.05, 0) is 86.9 Å². The van der Waals surface area contributed by atoms with Crippen molar-refractivity contribution < 1.29 is 67.1 Å². The van der Waals surface area contributed by atoms with Crippen LogP contribution in [0.15, 0.2) is 72.3 Å². The molecule has 2 aromatic rings. The molecule has 1 unspecified atom stereocenters. The molecule has 5 aliphatic rings. The molecule has 19 heteroatoms. The van der Waals surface area contributed by atoms with Crippen molar-refractivity contribution in [2.24, 2.45) is 22.7 Å². The summed E-state index contributed by atoms with van der Waals surface area (Å²) in [5, 5.41) is 40.0. The molecule has 366 valence electrons. The van der Waals surface area contributed by atoms with Crippen LogP contribution in [0.4, 0.5) is 14.5 Å². The molecule has 1 saturated heterocycles. The Kier molecular flexibility index (Phi) is 14.3. The second-order valence-electron chi connectivity index (χ2n) is 19.2. The number of aliphatic carboxylic acids is 1. The molecule has 0 spiro atoms. The molecule has 4 fully saturated rings. The van der Waals surface area contributed by atoms with Gasteiger partial charge in [0, 0.05) is 46.9 Å². The molecule has 0 bridgehead atoms. The van der Waals surface area contributed by atoms with Gasteiger partial charge in [0.15, 0.2) is 29.1 Å². The second-order valence-corrected chi connectivity index (χ2v) is 19.8. The molecule has 7 N–H and O–H groups in total. The first-order chi connectivity index (χ1) is 32.0. The standard InChI is InChI=1S/C49H58F2N4O12S/c1-24(28-10-12-30(13-11-28)55-43(64)26(3)54-42(63)25(2)53-40(60)15-17-52-44(65)36(68)21-41(61)62)27-6-8-29(9-7-27)45-66-39-20-32-33-19-35(50)34-18-31(57)14-16-46(34,4)48(33,51)37(58)22-47(32,5)49(39,67-45)38(59)23-56/h6-14,16,18,24-26,32-33,35-37,39,45,56,58,68H,15,17,19-23H2,1-5H3,(H,52,65)(H,53,60)(H,54,63)(H,55,64)(H,61,62)/t24-,25-,26-,32-,33-,35-,36?,37-,39+,45+,46-,47-,48-,49+/m0/s1.